The van der Waals surface area contributed by atoms with E-state index in [1.165, 1.54) is 11.8 Å². The number of amides is 1. The maximum Gasteiger partial charge on any atom is 0.237 e. The molecule has 0 N–H and O–H groups in total. The zero-order valence-corrected chi connectivity index (χ0v) is 20.7. The number of anilines is 1. The fourth-order valence-electron chi connectivity index (χ4n) is 3.49. The number of carbonyl (C=O) groups is 1. The molecule has 7 nitrogen and oxygen atoms in total. The van der Waals surface area contributed by atoms with Crippen molar-refractivity contribution in [3.05, 3.63) is 60.4 Å². The first-order chi connectivity index (χ1) is 15.9. The van der Waals surface area contributed by atoms with Crippen molar-refractivity contribution in [2.24, 2.45) is 5.92 Å². The molecular weight excluding hydrogens is 436 g/mol. The average Bonchev–Trinajstić information content (AvgIpc) is 3.20. The Kier molecular flexibility index (Phi) is 8.77. The first-order valence-electron chi connectivity index (χ1n) is 11.1. The molecule has 176 valence electrons. The van der Waals surface area contributed by atoms with Crippen molar-refractivity contribution in [2.75, 3.05) is 24.3 Å². The lowest BCUT2D eigenvalue weighted by molar-refractivity contribution is -0.116. The van der Waals surface area contributed by atoms with Gasteiger partial charge < -0.3 is 18.9 Å². The maximum absolute atomic E-state index is 12.9. The molecule has 0 radical (unpaired) electrons. The number of para-hydroxylation sites is 1. The molecule has 0 saturated heterocycles. The number of ether oxygens (including phenoxy) is 2. The summed E-state index contributed by atoms with van der Waals surface area (Å²) in [5.41, 5.74) is 0.898. The van der Waals surface area contributed by atoms with Crippen molar-refractivity contribution in [1.82, 2.24) is 14.8 Å². The molecule has 8 heteroatoms. The number of thioether (sulfide) groups is 1. The second kappa shape index (κ2) is 11.7. The Morgan fingerprint density at radius 3 is 2.45 bits per heavy atom. The van der Waals surface area contributed by atoms with Crippen LogP contribution < -0.4 is 14.4 Å². The van der Waals surface area contributed by atoms with Gasteiger partial charge in [0, 0.05) is 24.8 Å². The Morgan fingerprint density at radius 1 is 1.06 bits per heavy atom. The quantitative estimate of drug-likeness (QED) is 0.359. The number of rotatable bonds is 11. The molecule has 1 amide bonds. The van der Waals surface area contributed by atoms with Gasteiger partial charge in [-0.25, -0.2) is 0 Å². The van der Waals surface area contributed by atoms with Crippen LogP contribution in [0.3, 0.4) is 0 Å². The molecule has 0 spiro atoms. The minimum Gasteiger partial charge on any atom is -0.497 e. The molecule has 1 unspecified atom stereocenters. The van der Waals surface area contributed by atoms with E-state index in [1.54, 1.807) is 12.0 Å². The standard InChI is InChI=1S/C25H32N4O3S/c1-6-28(20-11-8-7-9-12-20)23(30)17-33-25-27-26-24(29(25)16-18(2)3)19(4)32-22-14-10-13-21(15-22)31-5/h7-15,18-19H,6,16-17H2,1-5H3. The molecule has 0 fully saturated rings. The molecule has 0 bridgehead atoms. The fraction of sp³-hybridized carbons (Fsp3) is 0.400. The Hall–Kier alpha value is -3.00. The van der Waals surface area contributed by atoms with Gasteiger partial charge in [-0.2, -0.15) is 0 Å². The van der Waals surface area contributed by atoms with Crippen LogP contribution in [0.5, 0.6) is 11.5 Å². The molecule has 1 heterocycles. The van der Waals surface area contributed by atoms with E-state index < -0.39 is 0 Å². The lowest BCUT2D eigenvalue weighted by Crippen LogP contribution is -2.32. The van der Waals surface area contributed by atoms with Gasteiger partial charge in [0.15, 0.2) is 17.1 Å². The number of benzene rings is 2. The first kappa shape index (κ1) is 24.6. The van der Waals surface area contributed by atoms with E-state index in [-0.39, 0.29) is 17.8 Å². The van der Waals surface area contributed by atoms with Crippen LogP contribution in [0.1, 0.15) is 39.6 Å². The molecule has 2 aromatic carbocycles. The van der Waals surface area contributed by atoms with Crippen LogP contribution in [0.15, 0.2) is 59.8 Å². The van der Waals surface area contributed by atoms with Gasteiger partial charge in [0.25, 0.3) is 0 Å². The van der Waals surface area contributed by atoms with E-state index in [9.17, 15) is 4.79 Å². The van der Waals surface area contributed by atoms with Gasteiger partial charge in [0.2, 0.25) is 5.91 Å². The number of carbonyl (C=O) groups excluding carboxylic acids is 1. The minimum atomic E-state index is -0.315. The summed E-state index contributed by atoms with van der Waals surface area (Å²) in [5, 5.41) is 9.54. The summed E-state index contributed by atoms with van der Waals surface area (Å²) in [4.78, 5) is 14.7. The highest BCUT2D eigenvalue weighted by molar-refractivity contribution is 7.99. The third-order valence-electron chi connectivity index (χ3n) is 5.02. The predicted octanol–water partition coefficient (Wildman–Crippen LogP) is 5.23. The van der Waals surface area contributed by atoms with Crippen molar-refractivity contribution >= 4 is 23.4 Å². The Balaban J connectivity index is 1.75. The minimum absolute atomic E-state index is 0.0371. The molecule has 33 heavy (non-hydrogen) atoms. The van der Waals surface area contributed by atoms with Crippen LogP contribution in [0.25, 0.3) is 0 Å². The Bertz CT molecular complexity index is 1040. The fourth-order valence-corrected chi connectivity index (χ4v) is 4.32. The summed E-state index contributed by atoms with van der Waals surface area (Å²) >= 11 is 1.41. The maximum atomic E-state index is 12.9. The molecule has 3 rings (SSSR count). The number of aromatic nitrogens is 3. The Labute approximate surface area is 200 Å². The van der Waals surface area contributed by atoms with E-state index in [0.29, 0.717) is 18.2 Å². The van der Waals surface area contributed by atoms with Crippen molar-refractivity contribution in [1.29, 1.82) is 0 Å². The van der Waals surface area contributed by atoms with E-state index in [2.05, 4.69) is 28.6 Å². The zero-order valence-electron chi connectivity index (χ0n) is 19.9. The summed E-state index contributed by atoms with van der Waals surface area (Å²) in [6, 6.07) is 17.2. The SMILES string of the molecule is CCN(C(=O)CSc1nnc(C(C)Oc2cccc(OC)c2)n1CC(C)C)c1ccccc1. The highest BCUT2D eigenvalue weighted by Gasteiger charge is 2.22. The number of methoxy groups -OCH3 is 1. The zero-order chi connectivity index (χ0) is 23.8. The normalized spacial score (nSPS) is 11.9. The first-order valence-corrected chi connectivity index (χ1v) is 12.1. The van der Waals surface area contributed by atoms with Gasteiger partial charge in [0.05, 0.1) is 12.9 Å². The predicted molar refractivity (Wildman–Crippen MR) is 132 cm³/mol. The van der Waals surface area contributed by atoms with Gasteiger partial charge in [-0.1, -0.05) is 49.9 Å². The molecule has 1 atom stereocenters. The van der Waals surface area contributed by atoms with Crippen LogP contribution in [-0.2, 0) is 11.3 Å². The average molecular weight is 469 g/mol. The molecule has 0 aliphatic carbocycles. The van der Waals surface area contributed by atoms with Crippen molar-refractivity contribution in [2.45, 2.75) is 45.5 Å². The van der Waals surface area contributed by atoms with E-state index >= 15 is 0 Å². The van der Waals surface area contributed by atoms with E-state index in [4.69, 9.17) is 9.47 Å². The van der Waals surface area contributed by atoms with Gasteiger partial charge in [-0.05, 0) is 44.0 Å². The third kappa shape index (κ3) is 6.51. The van der Waals surface area contributed by atoms with Gasteiger partial charge in [-0.3, -0.25) is 4.79 Å². The van der Waals surface area contributed by atoms with Crippen LogP contribution in [0.2, 0.25) is 0 Å². The molecule has 0 saturated carbocycles. The van der Waals surface area contributed by atoms with Crippen LogP contribution in [0.4, 0.5) is 5.69 Å². The van der Waals surface area contributed by atoms with Gasteiger partial charge in [0.1, 0.15) is 11.5 Å². The molecular formula is C25H32N4O3S. The van der Waals surface area contributed by atoms with Crippen LogP contribution in [-0.4, -0.2) is 40.1 Å². The van der Waals surface area contributed by atoms with Crippen molar-refractivity contribution < 1.29 is 14.3 Å². The molecule has 3 aromatic rings. The summed E-state index contributed by atoms with van der Waals surface area (Å²) in [5.74, 6) is 2.87. The molecule has 1 aromatic heterocycles. The Morgan fingerprint density at radius 2 is 1.79 bits per heavy atom. The summed E-state index contributed by atoms with van der Waals surface area (Å²) in [7, 11) is 1.63. The van der Waals surface area contributed by atoms with Crippen molar-refractivity contribution in [3.63, 3.8) is 0 Å². The number of nitrogens with zero attached hydrogens (tertiary/aromatic N) is 4. The second-order valence-electron chi connectivity index (χ2n) is 8.05. The van der Waals surface area contributed by atoms with Crippen LogP contribution >= 0.6 is 11.8 Å². The summed E-state index contributed by atoms with van der Waals surface area (Å²) in [6.45, 7) is 9.57. The lowest BCUT2D eigenvalue weighted by Gasteiger charge is -2.21. The lowest BCUT2D eigenvalue weighted by atomic mass is 10.2. The summed E-state index contributed by atoms with van der Waals surface area (Å²) < 4.78 is 13.5. The highest BCUT2D eigenvalue weighted by Crippen LogP contribution is 2.28. The van der Waals surface area contributed by atoms with E-state index in [0.717, 1.165) is 29.0 Å². The van der Waals surface area contributed by atoms with Crippen LogP contribution in [0, 0.1) is 5.92 Å². The smallest absolute Gasteiger partial charge is 0.237 e. The number of hydrogen-bond donors (Lipinski definition) is 0. The second-order valence-corrected chi connectivity index (χ2v) is 8.99. The van der Waals surface area contributed by atoms with Gasteiger partial charge in [-0.15, -0.1) is 10.2 Å². The molecule has 0 aliphatic heterocycles. The van der Waals surface area contributed by atoms with Gasteiger partial charge >= 0.3 is 0 Å². The van der Waals surface area contributed by atoms with Crippen molar-refractivity contribution in [3.8, 4) is 11.5 Å². The number of hydrogen-bond acceptors (Lipinski definition) is 6. The topological polar surface area (TPSA) is 69.5 Å². The molecule has 0 aliphatic rings. The highest BCUT2D eigenvalue weighted by atomic mass is 32.2. The largest absolute Gasteiger partial charge is 0.497 e. The monoisotopic (exact) mass is 468 g/mol. The summed E-state index contributed by atoms with van der Waals surface area (Å²) in [6.07, 6.45) is -0.315. The third-order valence-corrected chi connectivity index (χ3v) is 5.97. The van der Waals surface area contributed by atoms with E-state index in [1.807, 2.05) is 68.4 Å².